The number of ether oxygens (including phenoxy) is 2. The second kappa shape index (κ2) is 9.80. The summed E-state index contributed by atoms with van der Waals surface area (Å²) in [6.07, 6.45) is -0.281. The van der Waals surface area contributed by atoms with Gasteiger partial charge in [0.25, 0.3) is 0 Å². The highest BCUT2D eigenvalue weighted by Crippen LogP contribution is 2.36. The molecule has 0 fully saturated rings. The number of aryl methyl sites for hydroxylation is 1. The summed E-state index contributed by atoms with van der Waals surface area (Å²) in [5.41, 5.74) is -1.20. The molecule has 1 heterocycles. The molecule has 0 unspecified atom stereocenters. The first kappa shape index (κ1) is 26.2. The number of hydrogen-bond acceptors (Lipinski definition) is 8. The van der Waals surface area contributed by atoms with E-state index in [1.807, 2.05) is 0 Å². The number of aliphatic carboxylic acids is 1. The first-order chi connectivity index (χ1) is 15.1. The average Bonchev–Trinajstić information content (AvgIpc) is 3.00. The number of esters is 2. The summed E-state index contributed by atoms with van der Waals surface area (Å²) in [5, 5.41) is 23.2. The van der Waals surface area contributed by atoms with Gasteiger partial charge in [-0.25, -0.2) is 0 Å². The second-order valence-electron chi connectivity index (χ2n) is 10.3. The van der Waals surface area contributed by atoms with E-state index < -0.39 is 34.7 Å². The largest absolute Gasteiger partial charge is 0.508 e. The van der Waals surface area contributed by atoms with Crippen LogP contribution >= 0.6 is 0 Å². The summed E-state index contributed by atoms with van der Waals surface area (Å²) >= 11 is 0. The van der Waals surface area contributed by atoms with E-state index in [2.05, 4.69) is 5.16 Å². The zero-order chi connectivity index (χ0) is 25.0. The van der Waals surface area contributed by atoms with Gasteiger partial charge < -0.3 is 24.5 Å². The van der Waals surface area contributed by atoms with E-state index in [0.717, 1.165) is 0 Å². The summed E-state index contributed by atoms with van der Waals surface area (Å²) in [6.45, 7) is 10.4. The number of oxime groups is 1. The van der Waals surface area contributed by atoms with Gasteiger partial charge in [0.05, 0.1) is 18.6 Å². The molecule has 1 aliphatic rings. The van der Waals surface area contributed by atoms with Gasteiger partial charge in [0.2, 0.25) is 0 Å². The molecule has 0 saturated carbocycles. The fourth-order valence-corrected chi connectivity index (χ4v) is 3.49. The van der Waals surface area contributed by atoms with Crippen LogP contribution in [0.1, 0.15) is 78.4 Å². The molecule has 0 atom stereocenters. The number of nitrogens with zero attached hydrogens (tertiary/aromatic N) is 1. The van der Waals surface area contributed by atoms with Crippen molar-refractivity contribution in [3.05, 3.63) is 29.3 Å². The van der Waals surface area contributed by atoms with Crippen LogP contribution < -0.4 is 0 Å². The quantitative estimate of drug-likeness (QED) is 0.557. The highest BCUT2D eigenvalue weighted by atomic mass is 16.7. The molecule has 0 aliphatic carbocycles. The molecule has 1 aromatic carbocycles. The number of phenols is 1. The van der Waals surface area contributed by atoms with Gasteiger partial charge in [0, 0.05) is 18.4 Å². The van der Waals surface area contributed by atoms with Gasteiger partial charge in [0.1, 0.15) is 17.0 Å². The summed E-state index contributed by atoms with van der Waals surface area (Å²) in [6, 6.07) is 4.56. The first-order valence-corrected chi connectivity index (χ1v) is 10.8. The molecule has 1 aromatic rings. The lowest BCUT2D eigenvalue weighted by atomic mass is 9.86. The van der Waals surface area contributed by atoms with E-state index in [1.165, 1.54) is 12.1 Å². The van der Waals surface area contributed by atoms with Crippen LogP contribution in [0.3, 0.4) is 0 Å². The zero-order valence-electron chi connectivity index (χ0n) is 20.1. The Morgan fingerprint density at radius 3 is 2.06 bits per heavy atom. The molecule has 0 radical (unpaired) electrons. The van der Waals surface area contributed by atoms with Crippen LogP contribution in [-0.2, 0) is 35.1 Å². The highest BCUT2D eigenvalue weighted by Gasteiger charge is 2.46. The van der Waals surface area contributed by atoms with Gasteiger partial charge in [-0.15, -0.1) is 0 Å². The number of carbonyl (C=O) groups is 3. The van der Waals surface area contributed by atoms with Gasteiger partial charge in [-0.3, -0.25) is 14.4 Å². The third-order valence-electron chi connectivity index (χ3n) is 4.62. The number of hydrogen-bond donors (Lipinski definition) is 2. The number of carboxylic acid groups (broad SMARTS) is 1. The van der Waals surface area contributed by atoms with Crippen molar-refractivity contribution in [3.63, 3.8) is 0 Å². The Hall–Kier alpha value is -3.10. The summed E-state index contributed by atoms with van der Waals surface area (Å²) in [5.74, 6) is -2.08. The van der Waals surface area contributed by atoms with Crippen molar-refractivity contribution in [1.29, 1.82) is 0 Å². The number of rotatable bonds is 8. The van der Waals surface area contributed by atoms with Crippen molar-refractivity contribution in [2.24, 2.45) is 5.16 Å². The predicted octanol–water partition coefficient (Wildman–Crippen LogP) is 3.74. The van der Waals surface area contributed by atoms with Crippen LogP contribution in [0.25, 0.3) is 0 Å². The van der Waals surface area contributed by atoms with Crippen LogP contribution in [0.5, 0.6) is 5.75 Å². The van der Waals surface area contributed by atoms with Gasteiger partial charge in [-0.1, -0.05) is 11.2 Å². The Morgan fingerprint density at radius 1 is 1.03 bits per heavy atom. The van der Waals surface area contributed by atoms with Crippen LogP contribution in [0.2, 0.25) is 0 Å². The Labute approximate surface area is 193 Å². The van der Waals surface area contributed by atoms with Crippen molar-refractivity contribution in [2.75, 3.05) is 0 Å². The van der Waals surface area contributed by atoms with Gasteiger partial charge in [0.15, 0.2) is 5.60 Å². The Bertz CT molecular complexity index is 907. The maximum atomic E-state index is 12.6. The van der Waals surface area contributed by atoms with E-state index in [0.29, 0.717) is 16.8 Å². The molecular weight excluding hydrogens is 430 g/mol. The minimum absolute atomic E-state index is 0.0245. The SMILES string of the molecule is CC(C)(C)OC(=O)CC1(CC(=O)OC(C)(C)C)CC(c2cc(O)ccc2CCC(=O)O)=NO1. The number of carboxylic acids is 1. The van der Waals surface area contributed by atoms with Crippen LogP contribution in [-0.4, -0.2) is 50.6 Å². The standard InChI is InChI=1S/C24H33NO8/c1-22(2,3)31-20(29)13-24(14-21(30)32-23(4,5)6)12-18(25-33-24)17-11-16(26)9-7-15(17)8-10-19(27)28/h7,9,11,26H,8,10,12-14H2,1-6H3,(H,27,28). The fourth-order valence-electron chi connectivity index (χ4n) is 3.49. The molecular formula is C24H33NO8. The molecule has 2 rings (SSSR count). The van der Waals surface area contributed by atoms with Gasteiger partial charge >= 0.3 is 17.9 Å². The molecule has 33 heavy (non-hydrogen) atoms. The topological polar surface area (TPSA) is 132 Å². The number of benzene rings is 1. The summed E-state index contributed by atoms with van der Waals surface area (Å²) in [4.78, 5) is 42.0. The van der Waals surface area contributed by atoms with Gasteiger partial charge in [-0.05, 0) is 65.7 Å². The minimum Gasteiger partial charge on any atom is -0.508 e. The predicted molar refractivity (Wildman–Crippen MR) is 120 cm³/mol. The van der Waals surface area contributed by atoms with E-state index in [-0.39, 0.29) is 37.9 Å². The number of carbonyl (C=O) groups excluding carboxylic acids is 2. The second-order valence-corrected chi connectivity index (χ2v) is 10.3. The lowest BCUT2D eigenvalue weighted by Crippen LogP contribution is -2.39. The fraction of sp³-hybridized carbons (Fsp3) is 0.583. The Morgan fingerprint density at radius 2 is 1.58 bits per heavy atom. The molecule has 0 amide bonds. The van der Waals surface area contributed by atoms with Crippen molar-refractivity contribution in [1.82, 2.24) is 0 Å². The molecule has 182 valence electrons. The molecule has 0 saturated heterocycles. The monoisotopic (exact) mass is 463 g/mol. The smallest absolute Gasteiger partial charge is 0.310 e. The van der Waals surface area contributed by atoms with Crippen LogP contribution in [0.15, 0.2) is 23.4 Å². The zero-order valence-corrected chi connectivity index (χ0v) is 20.1. The van der Waals surface area contributed by atoms with Crippen molar-refractivity contribution in [2.45, 2.75) is 90.4 Å². The normalized spacial score (nSPS) is 15.4. The lowest BCUT2D eigenvalue weighted by Gasteiger charge is -2.29. The molecule has 1 aliphatic heterocycles. The lowest BCUT2D eigenvalue weighted by molar-refractivity contribution is -0.169. The molecule has 0 bridgehead atoms. The first-order valence-electron chi connectivity index (χ1n) is 10.8. The maximum absolute atomic E-state index is 12.6. The molecule has 0 spiro atoms. The minimum atomic E-state index is -1.32. The maximum Gasteiger partial charge on any atom is 0.310 e. The molecule has 2 N–H and O–H groups in total. The van der Waals surface area contributed by atoms with E-state index in [9.17, 15) is 19.5 Å². The third-order valence-corrected chi connectivity index (χ3v) is 4.62. The summed E-state index contributed by atoms with van der Waals surface area (Å²) < 4.78 is 10.9. The Kier molecular flexibility index (Phi) is 7.77. The van der Waals surface area contributed by atoms with Crippen molar-refractivity contribution >= 4 is 23.6 Å². The van der Waals surface area contributed by atoms with E-state index in [1.54, 1.807) is 47.6 Å². The molecule has 0 aromatic heterocycles. The average molecular weight is 464 g/mol. The summed E-state index contributed by atoms with van der Waals surface area (Å²) in [7, 11) is 0. The van der Waals surface area contributed by atoms with E-state index in [4.69, 9.17) is 19.4 Å². The van der Waals surface area contributed by atoms with Crippen LogP contribution in [0, 0.1) is 0 Å². The Balaban J connectivity index is 2.32. The number of phenolic OH excluding ortho intramolecular Hbond substituents is 1. The van der Waals surface area contributed by atoms with Crippen molar-refractivity contribution in [3.8, 4) is 5.75 Å². The van der Waals surface area contributed by atoms with Crippen LogP contribution in [0.4, 0.5) is 0 Å². The van der Waals surface area contributed by atoms with Crippen molar-refractivity contribution < 1.29 is 38.9 Å². The van der Waals surface area contributed by atoms with E-state index >= 15 is 0 Å². The molecule has 9 nitrogen and oxygen atoms in total. The third kappa shape index (κ3) is 8.40. The highest BCUT2D eigenvalue weighted by molar-refractivity contribution is 6.04. The van der Waals surface area contributed by atoms with Gasteiger partial charge in [-0.2, -0.15) is 0 Å². The molecule has 9 heteroatoms. The number of aromatic hydroxyl groups is 1.